The average molecular weight is 324 g/mol. The van der Waals surface area contributed by atoms with E-state index in [2.05, 4.69) is 0 Å². The molecule has 1 heterocycles. The highest BCUT2D eigenvalue weighted by Gasteiger charge is 2.60. The molecule has 1 rings (SSSR count). The lowest BCUT2D eigenvalue weighted by atomic mass is 10.1. The minimum Gasteiger partial charge on any atom is -0.337 e. The fourth-order valence-electron chi connectivity index (χ4n) is 1.63. The van der Waals surface area contributed by atoms with E-state index in [1.54, 1.807) is 0 Å². The van der Waals surface area contributed by atoms with Gasteiger partial charge in [0.1, 0.15) is 9.85 Å². The molecule has 1 aliphatic rings. The minimum absolute atomic E-state index is 0.316. The van der Waals surface area contributed by atoms with Crippen LogP contribution in [0.4, 0.5) is 0 Å². The first-order valence-electron chi connectivity index (χ1n) is 5.87. The van der Waals surface area contributed by atoms with Crippen molar-refractivity contribution in [2.24, 2.45) is 0 Å². The minimum atomic E-state index is -2.65. The van der Waals surface area contributed by atoms with Crippen LogP contribution in [0, 0.1) is 40.5 Å². The highest BCUT2D eigenvalue weighted by atomic mass is 16.7. The summed E-state index contributed by atoms with van der Waals surface area (Å²) in [6, 6.07) is 0. The maximum Gasteiger partial charge on any atom is 0.503 e. The molecule has 0 atom stereocenters. The van der Waals surface area contributed by atoms with Gasteiger partial charge in [0.05, 0.1) is 23.2 Å². The fraction of sp³-hybridized carbons (Fsp3) is 1.00. The lowest BCUT2D eigenvalue weighted by molar-refractivity contribution is -0.808. The molecule has 0 radical (unpaired) electrons. The quantitative estimate of drug-likeness (QED) is 0.339. The van der Waals surface area contributed by atoms with Gasteiger partial charge < -0.3 is 9.47 Å². The first-order valence-corrected chi connectivity index (χ1v) is 5.87. The van der Waals surface area contributed by atoms with Crippen molar-refractivity contribution in [2.45, 2.75) is 37.4 Å². The topological polar surface area (TPSA) is 191 Å². The van der Waals surface area contributed by atoms with E-state index >= 15 is 0 Å². The molecule has 0 saturated carbocycles. The number of hydrogen-bond acceptors (Lipinski definition) is 10. The highest BCUT2D eigenvalue weighted by molar-refractivity contribution is 4.72. The molecule has 0 amide bonds. The Hall–Kier alpha value is -2.48. The smallest absolute Gasteiger partial charge is 0.337 e. The molecule has 0 bridgehead atoms. The van der Waals surface area contributed by atoms with Crippen LogP contribution in [0.15, 0.2) is 0 Å². The third-order valence-corrected chi connectivity index (χ3v) is 3.32. The Balaban J connectivity index is 2.67. The van der Waals surface area contributed by atoms with Crippen LogP contribution in [0.2, 0.25) is 0 Å². The molecule has 124 valence electrons. The van der Waals surface area contributed by atoms with Crippen LogP contribution in [-0.4, -0.2) is 50.5 Å². The van der Waals surface area contributed by atoms with Crippen molar-refractivity contribution in [1.29, 1.82) is 0 Å². The second-order valence-electron chi connectivity index (χ2n) is 4.82. The van der Waals surface area contributed by atoms with Gasteiger partial charge in [0, 0.05) is 6.42 Å². The molecule has 0 spiro atoms. The molecule has 1 saturated heterocycles. The van der Waals surface area contributed by atoms with Crippen LogP contribution in [-0.2, 0) is 9.47 Å². The zero-order chi connectivity index (χ0) is 17.1. The van der Waals surface area contributed by atoms with Gasteiger partial charge in [-0.05, 0) is 0 Å². The van der Waals surface area contributed by atoms with Gasteiger partial charge in [-0.3, -0.25) is 40.5 Å². The van der Waals surface area contributed by atoms with Gasteiger partial charge >= 0.3 is 11.3 Å². The summed E-state index contributed by atoms with van der Waals surface area (Å²) < 4.78 is 9.64. The van der Waals surface area contributed by atoms with E-state index in [1.807, 2.05) is 0 Å². The second kappa shape index (κ2) is 6.10. The average Bonchev–Trinajstić information content (AvgIpc) is 2.44. The summed E-state index contributed by atoms with van der Waals surface area (Å²) in [5.41, 5.74) is -5.11. The summed E-state index contributed by atoms with van der Waals surface area (Å²) in [7, 11) is 0. The Bertz CT molecular complexity index is 469. The van der Waals surface area contributed by atoms with E-state index in [4.69, 9.17) is 9.47 Å². The zero-order valence-corrected chi connectivity index (χ0v) is 11.3. The van der Waals surface area contributed by atoms with Crippen LogP contribution in [0.1, 0.15) is 19.8 Å². The first-order chi connectivity index (χ1) is 10.1. The van der Waals surface area contributed by atoms with E-state index < -0.39 is 56.9 Å². The van der Waals surface area contributed by atoms with E-state index in [-0.39, 0.29) is 6.42 Å². The molecule has 1 fully saturated rings. The van der Waals surface area contributed by atoms with Crippen molar-refractivity contribution in [3.63, 3.8) is 0 Å². The molecule has 22 heavy (non-hydrogen) atoms. The van der Waals surface area contributed by atoms with Gasteiger partial charge in [-0.1, -0.05) is 0 Å². The van der Waals surface area contributed by atoms with E-state index in [0.29, 0.717) is 0 Å². The third kappa shape index (κ3) is 3.06. The predicted molar refractivity (Wildman–Crippen MR) is 64.0 cm³/mol. The van der Waals surface area contributed by atoms with Crippen molar-refractivity contribution in [3.05, 3.63) is 40.5 Å². The van der Waals surface area contributed by atoms with Crippen molar-refractivity contribution < 1.29 is 29.2 Å². The van der Waals surface area contributed by atoms with Crippen molar-refractivity contribution in [2.75, 3.05) is 13.2 Å². The largest absolute Gasteiger partial charge is 0.503 e. The standard InChI is InChI=1S/C8H12N4O10/c1-7(9(13)14,10(15)16)3-2-6-21-4-8(5-22-6,11(17)18)12(19)20/h6H,2-5H2,1H3. The van der Waals surface area contributed by atoms with Crippen LogP contribution in [0.25, 0.3) is 0 Å². The highest BCUT2D eigenvalue weighted by Crippen LogP contribution is 2.25. The fourth-order valence-corrected chi connectivity index (χ4v) is 1.63. The Kier molecular flexibility index (Phi) is 4.87. The summed E-state index contributed by atoms with van der Waals surface area (Å²) in [5, 5.41) is 42.9. The van der Waals surface area contributed by atoms with Gasteiger partial charge in [-0.2, -0.15) is 0 Å². The zero-order valence-electron chi connectivity index (χ0n) is 11.3. The Morgan fingerprint density at radius 1 is 1.00 bits per heavy atom. The summed E-state index contributed by atoms with van der Waals surface area (Å²) >= 11 is 0. The molecule has 0 unspecified atom stereocenters. The first kappa shape index (κ1) is 17.6. The van der Waals surface area contributed by atoms with Crippen LogP contribution >= 0.6 is 0 Å². The molecule has 0 aromatic heterocycles. The van der Waals surface area contributed by atoms with Gasteiger partial charge in [0.25, 0.3) is 0 Å². The predicted octanol–water partition coefficient (Wildman–Crippen LogP) is -0.341. The number of nitrogens with zero attached hydrogens (tertiary/aromatic N) is 4. The Morgan fingerprint density at radius 3 is 1.73 bits per heavy atom. The molecule has 0 aliphatic carbocycles. The number of ether oxygens (including phenoxy) is 2. The molecule has 0 N–H and O–H groups in total. The number of nitro groups is 4. The van der Waals surface area contributed by atoms with Crippen molar-refractivity contribution in [3.8, 4) is 0 Å². The summed E-state index contributed by atoms with van der Waals surface area (Å²) in [6.45, 7) is -0.995. The lowest BCUT2D eigenvalue weighted by Gasteiger charge is -2.28. The molecular formula is C8H12N4O10. The number of rotatable bonds is 7. The van der Waals surface area contributed by atoms with Crippen LogP contribution in [0.5, 0.6) is 0 Å². The maximum atomic E-state index is 10.7. The van der Waals surface area contributed by atoms with Gasteiger partial charge in [0.15, 0.2) is 19.5 Å². The summed E-state index contributed by atoms with van der Waals surface area (Å²) in [6.07, 6.45) is -2.11. The Morgan fingerprint density at radius 2 is 1.41 bits per heavy atom. The summed E-state index contributed by atoms with van der Waals surface area (Å²) in [5.74, 6) is 0. The SMILES string of the molecule is CC(CCC1OCC([N+](=O)[O-])([N+](=O)[O-])CO1)([N+](=O)[O-])[N+](=O)[O-]. The van der Waals surface area contributed by atoms with Crippen LogP contribution < -0.4 is 0 Å². The van der Waals surface area contributed by atoms with Crippen molar-refractivity contribution in [1.82, 2.24) is 0 Å². The monoisotopic (exact) mass is 324 g/mol. The molecule has 0 aromatic carbocycles. The van der Waals surface area contributed by atoms with Gasteiger partial charge in [0.2, 0.25) is 0 Å². The normalized spacial score (nSPS) is 18.6. The Labute approximate surface area is 121 Å². The third-order valence-electron chi connectivity index (χ3n) is 3.32. The lowest BCUT2D eigenvalue weighted by Crippen LogP contribution is -2.58. The molecular weight excluding hydrogens is 312 g/mol. The molecule has 14 nitrogen and oxygen atoms in total. The van der Waals surface area contributed by atoms with Crippen molar-refractivity contribution >= 4 is 0 Å². The summed E-state index contributed by atoms with van der Waals surface area (Å²) in [4.78, 5) is 38.5. The molecule has 0 aromatic rings. The maximum absolute atomic E-state index is 10.7. The van der Waals surface area contributed by atoms with Crippen LogP contribution in [0.3, 0.4) is 0 Å². The van der Waals surface area contributed by atoms with Gasteiger partial charge in [-0.15, -0.1) is 0 Å². The molecule has 1 aliphatic heterocycles. The van der Waals surface area contributed by atoms with E-state index in [1.165, 1.54) is 0 Å². The van der Waals surface area contributed by atoms with E-state index in [0.717, 1.165) is 6.92 Å². The number of hydrogen-bond donors (Lipinski definition) is 0. The van der Waals surface area contributed by atoms with E-state index in [9.17, 15) is 40.5 Å². The second-order valence-corrected chi connectivity index (χ2v) is 4.82. The molecule has 14 heteroatoms. The van der Waals surface area contributed by atoms with Gasteiger partial charge in [-0.25, -0.2) is 0 Å².